The highest BCUT2D eigenvalue weighted by molar-refractivity contribution is 6.30. The van der Waals surface area contributed by atoms with Crippen molar-refractivity contribution in [1.29, 1.82) is 0 Å². The van der Waals surface area contributed by atoms with Gasteiger partial charge < -0.3 is 5.73 Å². The molecule has 1 aromatic rings. The molecular weight excluding hydrogens is 194 g/mol. The maximum absolute atomic E-state index is 5.94. The first kappa shape index (κ1) is 9.75. The van der Waals surface area contributed by atoms with Gasteiger partial charge in [-0.25, -0.2) is 0 Å². The van der Waals surface area contributed by atoms with E-state index >= 15 is 0 Å². The Kier molecular flexibility index (Phi) is 2.90. The number of halogens is 1. The molecule has 1 aliphatic rings. The fraction of sp³-hybridized carbons (Fsp3) is 0.333. The highest BCUT2D eigenvalue weighted by Gasteiger charge is 2.11. The smallest absolute Gasteiger partial charge is 0.0412 e. The summed E-state index contributed by atoms with van der Waals surface area (Å²) in [4.78, 5) is 0. The molecule has 1 aromatic carbocycles. The number of nitrogens with two attached hydrogens (primary N) is 1. The van der Waals surface area contributed by atoms with Gasteiger partial charge in [0.05, 0.1) is 0 Å². The molecule has 0 saturated carbocycles. The number of rotatable bonds is 1. The van der Waals surface area contributed by atoms with Crippen molar-refractivity contribution in [2.24, 2.45) is 5.73 Å². The van der Waals surface area contributed by atoms with Crippen LogP contribution >= 0.6 is 11.6 Å². The molecule has 1 unspecified atom stereocenters. The molecule has 0 spiro atoms. The van der Waals surface area contributed by atoms with Crippen molar-refractivity contribution in [3.8, 4) is 0 Å². The van der Waals surface area contributed by atoms with Crippen molar-refractivity contribution in [3.05, 3.63) is 40.9 Å². The summed E-state index contributed by atoms with van der Waals surface area (Å²) in [5.74, 6) is 0. The van der Waals surface area contributed by atoms with Crippen LogP contribution in [0.3, 0.4) is 0 Å². The molecule has 2 N–H and O–H groups in total. The average Bonchev–Trinajstić information content (AvgIpc) is 2.18. The summed E-state index contributed by atoms with van der Waals surface area (Å²) < 4.78 is 0. The third-order valence-electron chi connectivity index (χ3n) is 2.59. The van der Waals surface area contributed by atoms with E-state index in [1.807, 2.05) is 18.2 Å². The first-order valence-electron chi connectivity index (χ1n) is 4.98. The Labute approximate surface area is 89.6 Å². The van der Waals surface area contributed by atoms with E-state index < -0.39 is 0 Å². The van der Waals surface area contributed by atoms with Gasteiger partial charge in [-0.15, -0.1) is 0 Å². The summed E-state index contributed by atoms with van der Waals surface area (Å²) in [7, 11) is 0. The van der Waals surface area contributed by atoms with Crippen LogP contribution < -0.4 is 5.73 Å². The van der Waals surface area contributed by atoms with E-state index in [0.29, 0.717) is 0 Å². The molecule has 0 radical (unpaired) electrons. The van der Waals surface area contributed by atoms with Crippen LogP contribution in [0, 0.1) is 0 Å². The van der Waals surface area contributed by atoms with E-state index in [2.05, 4.69) is 12.1 Å². The monoisotopic (exact) mass is 207 g/mol. The van der Waals surface area contributed by atoms with Crippen molar-refractivity contribution in [3.63, 3.8) is 0 Å². The number of hydrogen-bond acceptors (Lipinski definition) is 1. The maximum Gasteiger partial charge on any atom is 0.0412 e. The Bertz CT molecular complexity index is 357. The number of allylic oxidation sites excluding steroid dienone is 1. The molecule has 2 rings (SSSR count). The lowest BCUT2D eigenvalue weighted by molar-refractivity contribution is 0.654. The van der Waals surface area contributed by atoms with E-state index in [-0.39, 0.29) is 6.04 Å². The zero-order valence-electron chi connectivity index (χ0n) is 8.04. The van der Waals surface area contributed by atoms with E-state index in [1.54, 1.807) is 0 Å². The zero-order chi connectivity index (χ0) is 9.97. The lowest BCUT2D eigenvalue weighted by atomic mass is 9.91. The van der Waals surface area contributed by atoms with Gasteiger partial charge in [-0.1, -0.05) is 29.8 Å². The molecule has 14 heavy (non-hydrogen) atoms. The van der Waals surface area contributed by atoms with Crippen LogP contribution in [0.15, 0.2) is 30.3 Å². The lowest BCUT2D eigenvalue weighted by Crippen LogP contribution is -2.19. The Hall–Kier alpha value is -0.790. The fourth-order valence-electron chi connectivity index (χ4n) is 1.88. The van der Waals surface area contributed by atoms with Crippen LogP contribution in [-0.2, 0) is 0 Å². The van der Waals surface area contributed by atoms with Crippen molar-refractivity contribution < 1.29 is 0 Å². The molecule has 1 aliphatic carbocycles. The van der Waals surface area contributed by atoms with Gasteiger partial charge in [0.2, 0.25) is 0 Å². The molecular formula is C12H14ClN. The van der Waals surface area contributed by atoms with Crippen LogP contribution in [-0.4, -0.2) is 6.04 Å². The SMILES string of the molecule is NC1C=C(c2cccc(Cl)c2)CCC1. The van der Waals surface area contributed by atoms with Gasteiger partial charge in [0.1, 0.15) is 0 Å². The second kappa shape index (κ2) is 4.16. The van der Waals surface area contributed by atoms with E-state index in [1.165, 1.54) is 17.6 Å². The molecule has 0 bridgehead atoms. The predicted octanol–water partition coefficient (Wildman–Crippen LogP) is 3.23. The lowest BCUT2D eigenvalue weighted by Gasteiger charge is -2.17. The second-order valence-electron chi connectivity index (χ2n) is 3.76. The van der Waals surface area contributed by atoms with Gasteiger partial charge >= 0.3 is 0 Å². The Morgan fingerprint density at radius 1 is 1.36 bits per heavy atom. The molecule has 0 saturated heterocycles. The van der Waals surface area contributed by atoms with Gasteiger partial charge in [0.15, 0.2) is 0 Å². The minimum Gasteiger partial charge on any atom is -0.324 e. The first-order valence-corrected chi connectivity index (χ1v) is 5.36. The molecule has 0 amide bonds. The average molecular weight is 208 g/mol. The maximum atomic E-state index is 5.94. The van der Waals surface area contributed by atoms with Crippen LogP contribution in [0.25, 0.3) is 5.57 Å². The Morgan fingerprint density at radius 2 is 2.21 bits per heavy atom. The summed E-state index contributed by atoms with van der Waals surface area (Å²) in [6.45, 7) is 0. The van der Waals surface area contributed by atoms with E-state index in [0.717, 1.165) is 17.9 Å². The van der Waals surface area contributed by atoms with Gasteiger partial charge in [0, 0.05) is 11.1 Å². The first-order chi connectivity index (χ1) is 6.75. The summed E-state index contributed by atoms with van der Waals surface area (Å²) in [5.41, 5.74) is 8.45. The van der Waals surface area contributed by atoms with Gasteiger partial charge in [0.25, 0.3) is 0 Å². The molecule has 0 aliphatic heterocycles. The van der Waals surface area contributed by atoms with Crippen LogP contribution in [0.1, 0.15) is 24.8 Å². The van der Waals surface area contributed by atoms with Crippen LogP contribution in [0.4, 0.5) is 0 Å². The van der Waals surface area contributed by atoms with Crippen LogP contribution in [0.2, 0.25) is 5.02 Å². The Balaban J connectivity index is 2.30. The van der Waals surface area contributed by atoms with Crippen molar-refractivity contribution in [2.45, 2.75) is 25.3 Å². The molecule has 2 heteroatoms. The largest absolute Gasteiger partial charge is 0.324 e. The van der Waals surface area contributed by atoms with Crippen molar-refractivity contribution in [1.82, 2.24) is 0 Å². The highest BCUT2D eigenvalue weighted by Crippen LogP contribution is 2.27. The zero-order valence-corrected chi connectivity index (χ0v) is 8.80. The standard InChI is InChI=1S/C12H14ClN/c13-11-5-1-3-9(7-11)10-4-2-6-12(14)8-10/h1,3,5,7-8,12H,2,4,6,14H2. The summed E-state index contributed by atoms with van der Waals surface area (Å²) in [6, 6.07) is 8.20. The molecule has 0 fully saturated rings. The molecule has 0 aromatic heterocycles. The molecule has 1 nitrogen and oxygen atoms in total. The molecule has 1 atom stereocenters. The Morgan fingerprint density at radius 3 is 2.93 bits per heavy atom. The fourth-order valence-corrected chi connectivity index (χ4v) is 2.07. The number of benzene rings is 1. The van der Waals surface area contributed by atoms with Gasteiger partial charge in [-0.3, -0.25) is 0 Å². The van der Waals surface area contributed by atoms with Crippen LogP contribution in [0.5, 0.6) is 0 Å². The van der Waals surface area contributed by atoms with Gasteiger partial charge in [-0.2, -0.15) is 0 Å². The molecule has 0 heterocycles. The normalized spacial score (nSPS) is 21.9. The minimum absolute atomic E-state index is 0.220. The summed E-state index contributed by atoms with van der Waals surface area (Å²) >= 11 is 5.94. The summed E-state index contributed by atoms with van der Waals surface area (Å²) in [5, 5.41) is 0.794. The van der Waals surface area contributed by atoms with E-state index in [4.69, 9.17) is 17.3 Å². The predicted molar refractivity (Wildman–Crippen MR) is 61.3 cm³/mol. The summed E-state index contributed by atoms with van der Waals surface area (Å²) in [6.07, 6.45) is 5.56. The third kappa shape index (κ3) is 2.17. The topological polar surface area (TPSA) is 26.0 Å². The van der Waals surface area contributed by atoms with Gasteiger partial charge in [-0.05, 0) is 42.5 Å². The van der Waals surface area contributed by atoms with E-state index in [9.17, 15) is 0 Å². The van der Waals surface area contributed by atoms with Crippen molar-refractivity contribution in [2.75, 3.05) is 0 Å². The number of hydrogen-bond donors (Lipinski definition) is 1. The third-order valence-corrected chi connectivity index (χ3v) is 2.83. The minimum atomic E-state index is 0.220. The van der Waals surface area contributed by atoms with Crippen molar-refractivity contribution >= 4 is 17.2 Å². The molecule has 74 valence electrons. The highest BCUT2D eigenvalue weighted by atomic mass is 35.5. The quantitative estimate of drug-likeness (QED) is 0.752. The second-order valence-corrected chi connectivity index (χ2v) is 4.19.